The molecule has 1 rings (SSSR count). The summed E-state index contributed by atoms with van der Waals surface area (Å²) >= 11 is 0. The van der Waals surface area contributed by atoms with E-state index in [2.05, 4.69) is 5.32 Å². The van der Waals surface area contributed by atoms with Gasteiger partial charge in [-0.15, -0.1) is 0 Å². The van der Waals surface area contributed by atoms with E-state index in [4.69, 9.17) is 5.11 Å². The first-order valence-corrected chi connectivity index (χ1v) is 8.07. The standard InChI is InChI=1S/C12H14N2O7S/c1-7(6-22(2,20)21)13-11(15)8-3-9(12(16)17)5-10(4-8)14(18)19/h3-5,7H,6H2,1-2H3,(H,13,15)(H,16,17). The number of carbonyl (C=O) groups is 2. The predicted molar refractivity (Wildman–Crippen MR) is 76.7 cm³/mol. The summed E-state index contributed by atoms with van der Waals surface area (Å²) in [5.74, 6) is -2.51. The lowest BCUT2D eigenvalue weighted by Gasteiger charge is -2.13. The van der Waals surface area contributed by atoms with Crippen LogP contribution in [0.25, 0.3) is 0 Å². The number of nitrogens with zero attached hydrogens (tertiary/aromatic N) is 1. The third-order valence-electron chi connectivity index (χ3n) is 2.57. The van der Waals surface area contributed by atoms with Crippen molar-refractivity contribution in [2.45, 2.75) is 13.0 Å². The molecule has 0 fully saturated rings. The fourth-order valence-corrected chi connectivity index (χ4v) is 2.77. The van der Waals surface area contributed by atoms with Gasteiger partial charge in [-0.3, -0.25) is 14.9 Å². The number of carboxylic acids is 1. The SMILES string of the molecule is CC(CS(C)(=O)=O)NC(=O)c1cc(C(=O)O)cc([N+](=O)[O-])c1. The Morgan fingerprint density at radius 2 is 1.86 bits per heavy atom. The lowest BCUT2D eigenvalue weighted by atomic mass is 10.1. The van der Waals surface area contributed by atoms with Gasteiger partial charge >= 0.3 is 5.97 Å². The highest BCUT2D eigenvalue weighted by Crippen LogP contribution is 2.17. The smallest absolute Gasteiger partial charge is 0.335 e. The topological polar surface area (TPSA) is 144 Å². The van der Waals surface area contributed by atoms with Crippen LogP contribution in [0.5, 0.6) is 0 Å². The number of nitro benzene ring substituents is 1. The number of nitrogens with one attached hydrogen (secondary N) is 1. The number of carbonyl (C=O) groups excluding carboxylic acids is 1. The maximum Gasteiger partial charge on any atom is 0.335 e. The van der Waals surface area contributed by atoms with Crippen molar-refractivity contribution >= 4 is 27.4 Å². The average Bonchev–Trinajstić information content (AvgIpc) is 2.35. The minimum atomic E-state index is -3.31. The second kappa shape index (κ2) is 6.52. The summed E-state index contributed by atoms with van der Waals surface area (Å²) in [6.07, 6.45) is 1.01. The quantitative estimate of drug-likeness (QED) is 0.569. The van der Waals surface area contributed by atoms with Crippen LogP contribution in [0.2, 0.25) is 0 Å². The highest BCUT2D eigenvalue weighted by Gasteiger charge is 2.19. The Morgan fingerprint density at radius 3 is 2.32 bits per heavy atom. The normalized spacial score (nSPS) is 12.5. The van der Waals surface area contributed by atoms with Gasteiger partial charge in [-0.05, 0) is 13.0 Å². The van der Waals surface area contributed by atoms with E-state index in [1.54, 1.807) is 0 Å². The number of amides is 1. The number of hydrogen-bond acceptors (Lipinski definition) is 6. The zero-order chi connectivity index (χ0) is 17.1. The van der Waals surface area contributed by atoms with Gasteiger partial charge in [0.2, 0.25) is 0 Å². The third-order valence-corrected chi connectivity index (χ3v) is 3.67. The Labute approximate surface area is 126 Å². The van der Waals surface area contributed by atoms with Crippen LogP contribution in [0, 0.1) is 10.1 Å². The van der Waals surface area contributed by atoms with Crippen molar-refractivity contribution in [3.05, 3.63) is 39.4 Å². The number of nitro groups is 1. The Morgan fingerprint density at radius 1 is 1.32 bits per heavy atom. The summed E-state index contributed by atoms with van der Waals surface area (Å²) in [6.45, 7) is 1.45. The predicted octanol–water partition coefficient (Wildman–Crippen LogP) is 0.456. The molecule has 10 heteroatoms. The van der Waals surface area contributed by atoms with Crippen LogP contribution in [-0.4, -0.2) is 48.4 Å². The van der Waals surface area contributed by atoms with Gasteiger partial charge in [-0.1, -0.05) is 0 Å². The molecule has 0 aliphatic rings. The molecule has 0 saturated heterocycles. The molecule has 0 saturated carbocycles. The highest BCUT2D eigenvalue weighted by molar-refractivity contribution is 7.90. The van der Waals surface area contributed by atoms with Gasteiger partial charge in [0, 0.05) is 30.0 Å². The molecule has 0 bridgehead atoms. The van der Waals surface area contributed by atoms with E-state index in [9.17, 15) is 28.1 Å². The zero-order valence-electron chi connectivity index (χ0n) is 11.8. The maximum absolute atomic E-state index is 12.0. The van der Waals surface area contributed by atoms with E-state index in [1.807, 2.05) is 0 Å². The van der Waals surface area contributed by atoms with Gasteiger partial charge in [-0.25, -0.2) is 13.2 Å². The highest BCUT2D eigenvalue weighted by atomic mass is 32.2. The van der Waals surface area contributed by atoms with Crippen LogP contribution in [-0.2, 0) is 9.84 Å². The van der Waals surface area contributed by atoms with Crippen LogP contribution >= 0.6 is 0 Å². The van der Waals surface area contributed by atoms with E-state index in [1.165, 1.54) is 6.92 Å². The zero-order valence-corrected chi connectivity index (χ0v) is 12.6. The van der Waals surface area contributed by atoms with Gasteiger partial charge in [0.25, 0.3) is 11.6 Å². The molecule has 1 unspecified atom stereocenters. The molecule has 0 aromatic heterocycles. The Hall–Kier alpha value is -2.49. The van der Waals surface area contributed by atoms with Gasteiger partial charge in [-0.2, -0.15) is 0 Å². The number of rotatable bonds is 6. The fourth-order valence-electron chi connectivity index (χ4n) is 1.77. The summed E-state index contributed by atoms with van der Waals surface area (Å²) in [7, 11) is -3.31. The minimum Gasteiger partial charge on any atom is -0.478 e. The molecular weight excluding hydrogens is 316 g/mol. The van der Waals surface area contributed by atoms with E-state index >= 15 is 0 Å². The van der Waals surface area contributed by atoms with Crippen molar-refractivity contribution in [1.82, 2.24) is 5.32 Å². The minimum absolute atomic E-state index is 0.230. The number of sulfone groups is 1. The molecule has 9 nitrogen and oxygen atoms in total. The Kier molecular flexibility index (Phi) is 5.20. The lowest BCUT2D eigenvalue weighted by Crippen LogP contribution is -2.37. The van der Waals surface area contributed by atoms with E-state index in [0.29, 0.717) is 0 Å². The van der Waals surface area contributed by atoms with Crippen molar-refractivity contribution in [2.24, 2.45) is 0 Å². The molecule has 22 heavy (non-hydrogen) atoms. The number of non-ortho nitro benzene ring substituents is 1. The number of aromatic carboxylic acids is 1. The van der Waals surface area contributed by atoms with Gasteiger partial charge in [0.15, 0.2) is 0 Å². The van der Waals surface area contributed by atoms with E-state index < -0.39 is 43.9 Å². The van der Waals surface area contributed by atoms with Crippen LogP contribution in [0.1, 0.15) is 27.6 Å². The lowest BCUT2D eigenvalue weighted by molar-refractivity contribution is -0.384. The average molecular weight is 330 g/mol. The molecule has 2 N–H and O–H groups in total. The summed E-state index contributed by atoms with van der Waals surface area (Å²) in [6, 6.07) is 2.02. The second-order valence-electron chi connectivity index (χ2n) is 4.80. The van der Waals surface area contributed by atoms with Gasteiger partial charge in [0.05, 0.1) is 16.2 Å². The molecule has 1 aromatic rings. The van der Waals surface area contributed by atoms with Crippen molar-refractivity contribution < 1.29 is 28.0 Å². The molecular formula is C12H14N2O7S. The molecule has 120 valence electrons. The molecule has 1 atom stereocenters. The number of hydrogen-bond donors (Lipinski definition) is 2. The summed E-state index contributed by atoms with van der Waals surface area (Å²) in [5.41, 5.74) is -1.18. The van der Waals surface area contributed by atoms with Crippen molar-refractivity contribution in [3.63, 3.8) is 0 Å². The molecule has 1 amide bonds. The van der Waals surface area contributed by atoms with E-state index in [0.717, 1.165) is 24.5 Å². The molecule has 0 heterocycles. The molecule has 1 aromatic carbocycles. The second-order valence-corrected chi connectivity index (χ2v) is 6.98. The van der Waals surface area contributed by atoms with Crippen LogP contribution < -0.4 is 5.32 Å². The van der Waals surface area contributed by atoms with Gasteiger partial charge in [0.1, 0.15) is 9.84 Å². The summed E-state index contributed by atoms with van der Waals surface area (Å²) < 4.78 is 22.3. The van der Waals surface area contributed by atoms with Crippen molar-refractivity contribution in [1.29, 1.82) is 0 Å². The summed E-state index contributed by atoms with van der Waals surface area (Å²) in [5, 5.41) is 22.0. The number of carboxylic acid groups (broad SMARTS) is 1. The van der Waals surface area contributed by atoms with Crippen molar-refractivity contribution in [2.75, 3.05) is 12.0 Å². The van der Waals surface area contributed by atoms with Crippen LogP contribution in [0.15, 0.2) is 18.2 Å². The van der Waals surface area contributed by atoms with Crippen LogP contribution in [0.3, 0.4) is 0 Å². The number of benzene rings is 1. The van der Waals surface area contributed by atoms with Crippen molar-refractivity contribution in [3.8, 4) is 0 Å². The largest absolute Gasteiger partial charge is 0.478 e. The first kappa shape index (κ1) is 17.6. The molecule has 0 aliphatic carbocycles. The van der Waals surface area contributed by atoms with Crippen LogP contribution in [0.4, 0.5) is 5.69 Å². The third kappa shape index (κ3) is 5.13. The first-order valence-electron chi connectivity index (χ1n) is 6.01. The fraction of sp³-hybridized carbons (Fsp3) is 0.333. The first-order chi connectivity index (χ1) is 9.99. The molecule has 0 spiro atoms. The van der Waals surface area contributed by atoms with Gasteiger partial charge < -0.3 is 10.4 Å². The Bertz CT molecular complexity index is 695. The van der Waals surface area contributed by atoms with E-state index in [-0.39, 0.29) is 11.3 Å². The monoisotopic (exact) mass is 330 g/mol. The summed E-state index contributed by atoms with van der Waals surface area (Å²) in [4.78, 5) is 32.8. The maximum atomic E-state index is 12.0. The Balaban J connectivity index is 3.07. The molecule has 0 radical (unpaired) electrons. The molecule has 0 aliphatic heterocycles.